The fourth-order valence-electron chi connectivity index (χ4n) is 3.27. The maximum Gasteiger partial charge on any atom is 0.130 e. The monoisotopic (exact) mass is 377 g/mol. The van der Waals surface area contributed by atoms with Crippen LogP contribution >= 0.6 is 0 Å². The highest BCUT2D eigenvalue weighted by molar-refractivity contribution is 5.39. The van der Waals surface area contributed by atoms with E-state index in [4.69, 9.17) is 4.98 Å². The van der Waals surface area contributed by atoms with Gasteiger partial charge in [-0.1, -0.05) is 59.7 Å². The Morgan fingerprint density at radius 2 is 1.21 bits per heavy atom. The van der Waals surface area contributed by atoms with Crippen molar-refractivity contribution in [2.24, 2.45) is 0 Å². The first-order valence-electron chi connectivity index (χ1n) is 9.68. The van der Waals surface area contributed by atoms with Gasteiger partial charge in [0, 0.05) is 40.9 Å². The van der Waals surface area contributed by atoms with Gasteiger partial charge in [-0.3, -0.25) is 4.98 Å². The Morgan fingerprint density at radius 1 is 0.679 bits per heavy atom. The molecule has 3 nitrogen and oxygen atoms in total. The molecule has 0 fully saturated rings. The van der Waals surface area contributed by atoms with Crippen LogP contribution in [0.4, 0.5) is 4.39 Å². The summed E-state index contributed by atoms with van der Waals surface area (Å²) in [6, 6.07) is 10.8. The van der Waals surface area contributed by atoms with Crippen molar-refractivity contribution >= 4 is 0 Å². The standard InChI is InChI=1S/C24H28FN3/c1-16(2)22-27-14-19(15-28-22)24(5,6)21-12-9-18(13-26-21)23(3,4)17-7-10-20(25)11-8-17/h7-16H,1-6H3. The molecule has 2 aromatic heterocycles. The molecule has 0 N–H and O–H groups in total. The summed E-state index contributed by atoms with van der Waals surface area (Å²) in [7, 11) is 0. The van der Waals surface area contributed by atoms with Crippen LogP contribution in [0.3, 0.4) is 0 Å². The van der Waals surface area contributed by atoms with Crippen molar-refractivity contribution in [2.75, 3.05) is 0 Å². The van der Waals surface area contributed by atoms with Crippen LogP contribution in [0.25, 0.3) is 0 Å². The summed E-state index contributed by atoms with van der Waals surface area (Å²) in [4.78, 5) is 13.8. The van der Waals surface area contributed by atoms with E-state index in [-0.39, 0.29) is 16.6 Å². The molecule has 0 spiro atoms. The van der Waals surface area contributed by atoms with E-state index >= 15 is 0 Å². The van der Waals surface area contributed by atoms with Crippen molar-refractivity contribution in [3.63, 3.8) is 0 Å². The number of rotatable bonds is 5. The molecular weight excluding hydrogens is 349 g/mol. The molecule has 0 unspecified atom stereocenters. The maximum atomic E-state index is 13.3. The number of halogens is 1. The molecule has 0 atom stereocenters. The molecular formula is C24H28FN3. The number of hydrogen-bond acceptors (Lipinski definition) is 3. The summed E-state index contributed by atoms with van der Waals surface area (Å²) in [5.41, 5.74) is 3.59. The zero-order valence-corrected chi connectivity index (χ0v) is 17.5. The van der Waals surface area contributed by atoms with E-state index in [0.29, 0.717) is 5.92 Å². The van der Waals surface area contributed by atoms with Crippen molar-refractivity contribution < 1.29 is 4.39 Å². The summed E-state index contributed by atoms with van der Waals surface area (Å²) in [6.45, 7) is 12.7. The quantitative estimate of drug-likeness (QED) is 0.565. The predicted molar refractivity (Wildman–Crippen MR) is 111 cm³/mol. The Labute approximate surface area is 167 Å². The van der Waals surface area contributed by atoms with E-state index in [2.05, 4.69) is 63.6 Å². The highest BCUT2D eigenvalue weighted by Gasteiger charge is 2.28. The molecule has 28 heavy (non-hydrogen) atoms. The zero-order chi connectivity index (χ0) is 20.5. The topological polar surface area (TPSA) is 38.7 Å². The maximum absolute atomic E-state index is 13.3. The van der Waals surface area contributed by atoms with Gasteiger partial charge in [0.05, 0.1) is 5.69 Å². The Bertz CT molecular complexity index is 925. The van der Waals surface area contributed by atoms with Gasteiger partial charge in [0.25, 0.3) is 0 Å². The molecule has 0 bridgehead atoms. The van der Waals surface area contributed by atoms with Gasteiger partial charge in [0.2, 0.25) is 0 Å². The van der Waals surface area contributed by atoms with Crippen LogP contribution in [-0.4, -0.2) is 15.0 Å². The molecule has 0 radical (unpaired) electrons. The average molecular weight is 378 g/mol. The number of hydrogen-bond donors (Lipinski definition) is 0. The molecule has 0 aliphatic carbocycles. The lowest BCUT2D eigenvalue weighted by atomic mass is 9.77. The van der Waals surface area contributed by atoms with Gasteiger partial charge in [-0.05, 0) is 29.3 Å². The number of nitrogens with zero attached hydrogens (tertiary/aromatic N) is 3. The lowest BCUT2D eigenvalue weighted by molar-refractivity contribution is 0.593. The van der Waals surface area contributed by atoms with Gasteiger partial charge in [0.15, 0.2) is 0 Å². The molecule has 4 heteroatoms. The first-order valence-corrected chi connectivity index (χ1v) is 9.68. The van der Waals surface area contributed by atoms with E-state index in [1.54, 1.807) is 0 Å². The van der Waals surface area contributed by atoms with Crippen molar-refractivity contribution in [3.05, 3.63) is 89.0 Å². The highest BCUT2D eigenvalue weighted by atomic mass is 19.1. The van der Waals surface area contributed by atoms with Crippen LogP contribution in [-0.2, 0) is 10.8 Å². The van der Waals surface area contributed by atoms with Crippen LogP contribution < -0.4 is 0 Å². The largest absolute Gasteiger partial charge is 0.260 e. The summed E-state index contributed by atoms with van der Waals surface area (Å²) in [5, 5.41) is 0. The van der Waals surface area contributed by atoms with Crippen LogP contribution in [0.2, 0.25) is 0 Å². The molecule has 146 valence electrons. The molecule has 2 heterocycles. The smallest absolute Gasteiger partial charge is 0.130 e. The lowest BCUT2D eigenvalue weighted by Gasteiger charge is -2.28. The van der Waals surface area contributed by atoms with Crippen LogP contribution in [0.15, 0.2) is 55.0 Å². The molecule has 3 aromatic rings. The first kappa shape index (κ1) is 20.1. The van der Waals surface area contributed by atoms with E-state index in [1.807, 2.05) is 30.7 Å². The summed E-state index contributed by atoms with van der Waals surface area (Å²) >= 11 is 0. The number of aromatic nitrogens is 3. The molecule has 0 saturated heterocycles. The average Bonchev–Trinajstić information content (AvgIpc) is 2.68. The second-order valence-corrected chi connectivity index (χ2v) is 8.67. The fraction of sp³-hybridized carbons (Fsp3) is 0.375. The van der Waals surface area contributed by atoms with Gasteiger partial charge in [0.1, 0.15) is 11.6 Å². The molecule has 0 saturated carbocycles. The van der Waals surface area contributed by atoms with Gasteiger partial charge in [-0.2, -0.15) is 0 Å². The third-order valence-electron chi connectivity index (χ3n) is 5.60. The van der Waals surface area contributed by atoms with Crippen molar-refractivity contribution in [2.45, 2.75) is 58.3 Å². The second-order valence-electron chi connectivity index (χ2n) is 8.67. The fourth-order valence-corrected chi connectivity index (χ4v) is 3.27. The van der Waals surface area contributed by atoms with Gasteiger partial charge in [-0.25, -0.2) is 14.4 Å². The van der Waals surface area contributed by atoms with E-state index in [9.17, 15) is 4.39 Å². The van der Waals surface area contributed by atoms with Gasteiger partial charge >= 0.3 is 0 Å². The first-order chi connectivity index (χ1) is 13.1. The van der Waals surface area contributed by atoms with Crippen molar-refractivity contribution in [3.8, 4) is 0 Å². The van der Waals surface area contributed by atoms with E-state index in [0.717, 1.165) is 28.2 Å². The van der Waals surface area contributed by atoms with Gasteiger partial charge < -0.3 is 0 Å². The Balaban J connectivity index is 1.89. The number of benzene rings is 1. The minimum atomic E-state index is -0.298. The van der Waals surface area contributed by atoms with Crippen LogP contribution in [0, 0.1) is 5.82 Å². The summed E-state index contributed by atoms with van der Waals surface area (Å²) in [5.74, 6) is 0.938. The Morgan fingerprint density at radius 3 is 1.71 bits per heavy atom. The Kier molecular flexibility index (Phi) is 5.33. The minimum Gasteiger partial charge on any atom is -0.260 e. The second kappa shape index (κ2) is 7.42. The van der Waals surface area contributed by atoms with Gasteiger partial charge in [-0.15, -0.1) is 0 Å². The summed E-state index contributed by atoms with van der Waals surface area (Å²) < 4.78 is 13.3. The number of pyridine rings is 1. The highest BCUT2D eigenvalue weighted by Crippen LogP contribution is 2.34. The molecule has 1 aromatic carbocycles. The molecule has 0 aliphatic rings. The molecule has 3 rings (SSSR count). The molecule has 0 aliphatic heterocycles. The third-order valence-corrected chi connectivity index (χ3v) is 5.60. The van der Waals surface area contributed by atoms with Crippen LogP contribution in [0.1, 0.15) is 75.7 Å². The minimum absolute atomic E-state index is 0.222. The lowest BCUT2D eigenvalue weighted by Crippen LogP contribution is -2.23. The van der Waals surface area contributed by atoms with E-state index < -0.39 is 0 Å². The van der Waals surface area contributed by atoms with Crippen LogP contribution in [0.5, 0.6) is 0 Å². The summed E-state index contributed by atoms with van der Waals surface area (Å²) in [6.07, 6.45) is 5.73. The van der Waals surface area contributed by atoms with E-state index in [1.165, 1.54) is 12.1 Å². The third kappa shape index (κ3) is 3.82. The zero-order valence-electron chi connectivity index (χ0n) is 17.5. The van der Waals surface area contributed by atoms with Crippen molar-refractivity contribution in [1.29, 1.82) is 0 Å². The molecule has 0 amide bonds. The predicted octanol–water partition coefficient (Wildman–Crippen LogP) is 5.79. The normalized spacial score (nSPS) is 12.4. The SMILES string of the molecule is CC(C)c1ncc(C(C)(C)c2ccc(C(C)(C)c3ccc(F)cc3)cn2)cn1. The van der Waals surface area contributed by atoms with Crippen molar-refractivity contribution in [1.82, 2.24) is 15.0 Å². The Hall–Kier alpha value is -2.62.